The van der Waals surface area contributed by atoms with Crippen molar-refractivity contribution in [1.29, 1.82) is 0 Å². The fraction of sp³-hybridized carbons (Fsp3) is 0.727. The number of rotatable bonds is 7. The van der Waals surface area contributed by atoms with Crippen molar-refractivity contribution >= 4 is 0 Å². The second-order valence-electron chi connectivity index (χ2n) is 3.72. The molecular formula is C11H21N3O. The van der Waals surface area contributed by atoms with Gasteiger partial charge in [-0.2, -0.15) is 0 Å². The van der Waals surface area contributed by atoms with Crippen LogP contribution >= 0.6 is 0 Å². The highest BCUT2D eigenvalue weighted by molar-refractivity contribution is 4.91. The number of ether oxygens (including phenoxy) is 1. The molecule has 0 spiro atoms. The van der Waals surface area contributed by atoms with Gasteiger partial charge >= 0.3 is 0 Å². The van der Waals surface area contributed by atoms with Crippen LogP contribution in [0.3, 0.4) is 0 Å². The summed E-state index contributed by atoms with van der Waals surface area (Å²) in [5.74, 6) is 1.12. The van der Waals surface area contributed by atoms with Crippen LogP contribution in [0.15, 0.2) is 12.4 Å². The minimum atomic E-state index is 0.454. The predicted octanol–water partition coefficient (Wildman–Crippen LogP) is 0.977. The summed E-state index contributed by atoms with van der Waals surface area (Å²) in [6, 6.07) is 0.454. The molecule has 0 amide bonds. The number of hydrogen-bond donors (Lipinski definition) is 1. The third-order valence-corrected chi connectivity index (χ3v) is 2.56. The molecule has 86 valence electrons. The van der Waals surface area contributed by atoms with Crippen LogP contribution in [0.1, 0.15) is 19.2 Å². The zero-order valence-electron chi connectivity index (χ0n) is 9.86. The fourth-order valence-electron chi connectivity index (χ4n) is 1.55. The van der Waals surface area contributed by atoms with Gasteiger partial charge in [-0.1, -0.05) is 6.92 Å². The summed E-state index contributed by atoms with van der Waals surface area (Å²) in [7, 11) is 3.76. The molecule has 1 aromatic heterocycles. The van der Waals surface area contributed by atoms with E-state index in [2.05, 4.69) is 21.8 Å². The summed E-state index contributed by atoms with van der Waals surface area (Å²) < 4.78 is 7.18. The Morgan fingerprint density at radius 3 is 2.93 bits per heavy atom. The molecule has 0 saturated carbocycles. The molecular weight excluding hydrogens is 190 g/mol. The second kappa shape index (κ2) is 6.58. The summed E-state index contributed by atoms with van der Waals surface area (Å²) in [6.07, 6.45) is 5.86. The van der Waals surface area contributed by atoms with Gasteiger partial charge in [-0.25, -0.2) is 4.98 Å². The molecule has 0 saturated heterocycles. The van der Waals surface area contributed by atoms with Crippen molar-refractivity contribution in [3.8, 4) is 0 Å². The van der Waals surface area contributed by atoms with E-state index in [0.29, 0.717) is 6.04 Å². The summed E-state index contributed by atoms with van der Waals surface area (Å²) in [5.41, 5.74) is 0. The molecule has 0 aliphatic heterocycles. The number of nitrogens with one attached hydrogen (secondary N) is 1. The Hall–Kier alpha value is -0.870. The largest absolute Gasteiger partial charge is 0.383 e. The van der Waals surface area contributed by atoms with Gasteiger partial charge < -0.3 is 14.6 Å². The topological polar surface area (TPSA) is 39.1 Å². The van der Waals surface area contributed by atoms with Crippen molar-refractivity contribution in [2.24, 2.45) is 7.05 Å². The maximum Gasteiger partial charge on any atom is 0.109 e. The maximum atomic E-state index is 5.12. The number of aromatic nitrogens is 2. The minimum absolute atomic E-state index is 0.454. The highest BCUT2D eigenvalue weighted by Crippen LogP contribution is 1.96. The minimum Gasteiger partial charge on any atom is -0.383 e. The van der Waals surface area contributed by atoms with Crippen LogP contribution < -0.4 is 5.32 Å². The average Bonchev–Trinajstić information content (AvgIpc) is 2.63. The van der Waals surface area contributed by atoms with E-state index < -0.39 is 0 Å². The van der Waals surface area contributed by atoms with Crippen molar-refractivity contribution in [2.75, 3.05) is 20.3 Å². The molecule has 1 aromatic rings. The van der Waals surface area contributed by atoms with Crippen LogP contribution in [0.5, 0.6) is 0 Å². The molecule has 1 N–H and O–H groups in total. The number of hydrogen-bond acceptors (Lipinski definition) is 3. The van der Waals surface area contributed by atoms with Gasteiger partial charge in [0.2, 0.25) is 0 Å². The van der Waals surface area contributed by atoms with E-state index in [4.69, 9.17) is 4.74 Å². The normalized spacial score (nSPS) is 13.0. The molecule has 0 bridgehead atoms. The quantitative estimate of drug-likeness (QED) is 0.730. The molecule has 15 heavy (non-hydrogen) atoms. The summed E-state index contributed by atoms with van der Waals surface area (Å²) in [5, 5.41) is 3.46. The Morgan fingerprint density at radius 1 is 1.60 bits per heavy atom. The SMILES string of the molecule is CCC(COC)NCCc1nccn1C. The average molecular weight is 211 g/mol. The van der Waals surface area contributed by atoms with E-state index in [1.165, 1.54) is 0 Å². The van der Waals surface area contributed by atoms with Crippen LogP contribution in [-0.2, 0) is 18.2 Å². The van der Waals surface area contributed by atoms with Crippen molar-refractivity contribution < 1.29 is 4.74 Å². The van der Waals surface area contributed by atoms with Gasteiger partial charge in [0.25, 0.3) is 0 Å². The van der Waals surface area contributed by atoms with Crippen molar-refractivity contribution in [1.82, 2.24) is 14.9 Å². The maximum absolute atomic E-state index is 5.12. The summed E-state index contributed by atoms with van der Waals surface area (Å²) in [4.78, 5) is 4.28. The van der Waals surface area contributed by atoms with E-state index in [1.807, 2.05) is 19.4 Å². The monoisotopic (exact) mass is 211 g/mol. The molecule has 0 radical (unpaired) electrons. The Kier molecular flexibility index (Phi) is 5.36. The summed E-state index contributed by atoms with van der Waals surface area (Å²) >= 11 is 0. The standard InChI is InChI=1S/C11H21N3O/c1-4-10(9-15-3)12-6-5-11-13-7-8-14(11)2/h7-8,10,12H,4-6,9H2,1-3H3. The third kappa shape index (κ3) is 4.01. The second-order valence-corrected chi connectivity index (χ2v) is 3.72. The van der Waals surface area contributed by atoms with Crippen molar-refractivity contribution in [3.05, 3.63) is 18.2 Å². The van der Waals surface area contributed by atoms with E-state index in [9.17, 15) is 0 Å². The van der Waals surface area contributed by atoms with Gasteiger partial charge in [0, 0.05) is 45.6 Å². The first kappa shape index (κ1) is 12.2. The van der Waals surface area contributed by atoms with Crippen molar-refractivity contribution in [2.45, 2.75) is 25.8 Å². The van der Waals surface area contributed by atoms with Gasteiger partial charge in [-0.3, -0.25) is 0 Å². The molecule has 1 rings (SSSR count). The molecule has 1 atom stereocenters. The lowest BCUT2D eigenvalue weighted by molar-refractivity contribution is 0.164. The Labute approximate surface area is 91.7 Å². The number of methoxy groups -OCH3 is 1. The molecule has 4 nitrogen and oxygen atoms in total. The van der Waals surface area contributed by atoms with Crippen LogP contribution in [0.2, 0.25) is 0 Å². The first-order chi connectivity index (χ1) is 7.27. The van der Waals surface area contributed by atoms with Gasteiger partial charge in [-0.05, 0) is 6.42 Å². The predicted molar refractivity (Wildman–Crippen MR) is 60.9 cm³/mol. The van der Waals surface area contributed by atoms with Gasteiger partial charge in [0.1, 0.15) is 5.82 Å². The van der Waals surface area contributed by atoms with Crippen LogP contribution in [0, 0.1) is 0 Å². The molecule has 1 unspecified atom stereocenters. The van der Waals surface area contributed by atoms with E-state index in [0.717, 1.165) is 31.8 Å². The lowest BCUT2D eigenvalue weighted by Crippen LogP contribution is -2.34. The fourth-order valence-corrected chi connectivity index (χ4v) is 1.55. The van der Waals surface area contributed by atoms with E-state index >= 15 is 0 Å². The number of aryl methyl sites for hydroxylation is 1. The van der Waals surface area contributed by atoms with Gasteiger partial charge in [-0.15, -0.1) is 0 Å². The van der Waals surface area contributed by atoms with Crippen molar-refractivity contribution in [3.63, 3.8) is 0 Å². The Balaban J connectivity index is 2.23. The van der Waals surface area contributed by atoms with Crippen LogP contribution in [-0.4, -0.2) is 35.9 Å². The molecule has 1 heterocycles. The third-order valence-electron chi connectivity index (χ3n) is 2.56. The lowest BCUT2D eigenvalue weighted by Gasteiger charge is -2.15. The molecule has 0 aliphatic rings. The Morgan fingerprint density at radius 2 is 2.40 bits per heavy atom. The highest BCUT2D eigenvalue weighted by atomic mass is 16.5. The zero-order valence-corrected chi connectivity index (χ0v) is 9.86. The van der Waals surface area contributed by atoms with E-state index in [1.54, 1.807) is 7.11 Å². The van der Waals surface area contributed by atoms with Crippen LogP contribution in [0.4, 0.5) is 0 Å². The molecule has 0 fully saturated rings. The highest BCUT2D eigenvalue weighted by Gasteiger charge is 2.05. The van der Waals surface area contributed by atoms with Gasteiger partial charge in [0.05, 0.1) is 6.61 Å². The van der Waals surface area contributed by atoms with Gasteiger partial charge in [0.15, 0.2) is 0 Å². The molecule has 0 aliphatic carbocycles. The number of imidazole rings is 1. The van der Waals surface area contributed by atoms with Crippen LogP contribution in [0.25, 0.3) is 0 Å². The zero-order chi connectivity index (χ0) is 11.1. The lowest BCUT2D eigenvalue weighted by atomic mass is 10.2. The molecule has 0 aromatic carbocycles. The number of nitrogens with zero attached hydrogens (tertiary/aromatic N) is 2. The first-order valence-corrected chi connectivity index (χ1v) is 5.46. The Bertz CT molecular complexity index is 273. The van der Waals surface area contributed by atoms with E-state index in [-0.39, 0.29) is 0 Å². The smallest absolute Gasteiger partial charge is 0.109 e. The first-order valence-electron chi connectivity index (χ1n) is 5.46. The molecule has 4 heteroatoms. The summed E-state index contributed by atoms with van der Waals surface area (Å²) in [6.45, 7) is 3.89.